The highest BCUT2D eigenvalue weighted by Crippen LogP contribution is 2.39. The zero-order chi connectivity index (χ0) is 20.2. The van der Waals surface area contributed by atoms with Crippen molar-refractivity contribution in [1.82, 2.24) is 0 Å². The van der Waals surface area contributed by atoms with Gasteiger partial charge in [0.15, 0.2) is 6.61 Å². The van der Waals surface area contributed by atoms with Gasteiger partial charge in [-0.15, -0.1) is 11.3 Å². The fourth-order valence-corrected chi connectivity index (χ4v) is 5.92. The second kappa shape index (κ2) is 9.00. The monoisotopic (exact) mass is 408 g/mol. The number of anilines is 1. The number of benzene rings is 1. The minimum absolute atomic E-state index is 0.0490. The van der Waals surface area contributed by atoms with Gasteiger partial charge in [-0.2, -0.15) is 5.26 Å². The van der Waals surface area contributed by atoms with Crippen LogP contribution in [-0.2, 0) is 17.6 Å². The molecule has 1 amide bonds. The van der Waals surface area contributed by atoms with E-state index in [0.29, 0.717) is 28.1 Å². The lowest BCUT2D eigenvalue weighted by Crippen LogP contribution is -2.20. The molecule has 152 valence electrons. The molecule has 4 nitrogen and oxygen atoms in total. The van der Waals surface area contributed by atoms with Gasteiger partial charge in [-0.25, -0.2) is 0 Å². The third-order valence-corrected chi connectivity index (χ3v) is 7.37. The van der Waals surface area contributed by atoms with Crippen LogP contribution in [0.4, 0.5) is 5.00 Å². The number of nitriles is 1. The number of carbonyl (C=O) groups excluding carboxylic acids is 1. The first-order valence-corrected chi connectivity index (χ1v) is 11.5. The number of fused-ring (bicyclic) bond motifs is 1. The highest BCUT2D eigenvalue weighted by atomic mass is 32.1. The first kappa shape index (κ1) is 20.0. The van der Waals surface area contributed by atoms with Crippen molar-refractivity contribution in [2.75, 3.05) is 11.9 Å². The van der Waals surface area contributed by atoms with Crippen LogP contribution >= 0.6 is 11.3 Å². The Morgan fingerprint density at radius 2 is 1.97 bits per heavy atom. The van der Waals surface area contributed by atoms with Crippen LogP contribution in [0, 0.1) is 17.2 Å². The molecular formula is C24H28N2O2S. The summed E-state index contributed by atoms with van der Waals surface area (Å²) in [5.41, 5.74) is 3.14. The Kier molecular flexibility index (Phi) is 6.20. The highest BCUT2D eigenvalue weighted by molar-refractivity contribution is 7.16. The number of rotatable bonds is 5. The highest BCUT2D eigenvalue weighted by Gasteiger charge is 2.24. The average Bonchev–Trinajstić information content (AvgIpc) is 3.09. The maximum Gasteiger partial charge on any atom is 0.262 e. The van der Waals surface area contributed by atoms with Crippen LogP contribution in [0.1, 0.15) is 72.9 Å². The fraction of sp³-hybridized carbons (Fsp3) is 0.500. The van der Waals surface area contributed by atoms with Gasteiger partial charge in [0, 0.05) is 4.88 Å². The van der Waals surface area contributed by atoms with Crippen LogP contribution in [-0.4, -0.2) is 12.5 Å². The van der Waals surface area contributed by atoms with E-state index >= 15 is 0 Å². The van der Waals surface area contributed by atoms with Crippen LogP contribution in [0.3, 0.4) is 0 Å². The molecule has 1 fully saturated rings. The molecule has 2 aromatic rings. The maximum absolute atomic E-state index is 12.4. The third kappa shape index (κ3) is 4.64. The maximum atomic E-state index is 12.4. The number of carbonyl (C=O) groups is 1. The molecule has 29 heavy (non-hydrogen) atoms. The lowest BCUT2D eigenvalue weighted by Gasteiger charge is -2.22. The van der Waals surface area contributed by atoms with Crippen molar-refractivity contribution in [3.63, 3.8) is 0 Å². The molecule has 1 N–H and O–H groups in total. The van der Waals surface area contributed by atoms with Gasteiger partial charge in [0.05, 0.1) is 5.56 Å². The minimum atomic E-state index is -0.218. The van der Waals surface area contributed by atoms with E-state index < -0.39 is 0 Å². The number of ether oxygens (including phenoxy) is 1. The predicted octanol–water partition coefficient (Wildman–Crippen LogP) is 5.81. The molecule has 0 radical (unpaired) electrons. The quantitative estimate of drug-likeness (QED) is 0.679. The van der Waals surface area contributed by atoms with Gasteiger partial charge < -0.3 is 10.1 Å². The molecule has 0 saturated heterocycles. The summed E-state index contributed by atoms with van der Waals surface area (Å²) in [6.07, 6.45) is 9.56. The van der Waals surface area contributed by atoms with Gasteiger partial charge in [0.1, 0.15) is 16.8 Å². The van der Waals surface area contributed by atoms with Gasteiger partial charge in [-0.05, 0) is 67.2 Å². The van der Waals surface area contributed by atoms with Crippen molar-refractivity contribution >= 4 is 22.2 Å². The topological polar surface area (TPSA) is 62.1 Å². The van der Waals surface area contributed by atoms with Crippen molar-refractivity contribution in [3.8, 4) is 11.8 Å². The van der Waals surface area contributed by atoms with E-state index in [9.17, 15) is 10.1 Å². The number of hydrogen-bond donors (Lipinski definition) is 1. The SMILES string of the molecule is C[C@@H]1CCc2c(sc(NC(=O)COc3ccc(C4CCCCC4)cc3)c2C#N)C1. The summed E-state index contributed by atoms with van der Waals surface area (Å²) in [7, 11) is 0. The normalized spacial score (nSPS) is 19.2. The molecule has 5 heteroatoms. The van der Waals surface area contributed by atoms with Crippen LogP contribution in [0.2, 0.25) is 0 Å². The molecular weight excluding hydrogens is 380 g/mol. The molecule has 0 unspecified atom stereocenters. The van der Waals surface area contributed by atoms with E-state index in [4.69, 9.17) is 4.74 Å². The largest absolute Gasteiger partial charge is 0.484 e. The standard InChI is InChI=1S/C24H28N2O2S/c1-16-7-12-20-21(14-25)24(29-22(20)13-16)26-23(27)15-28-19-10-8-18(9-11-19)17-5-3-2-4-6-17/h8-11,16-17H,2-7,12-13,15H2,1H3,(H,26,27)/t16-/m1/s1. The summed E-state index contributed by atoms with van der Waals surface area (Å²) < 4.78 is 5.68. The lowest BCUT2D eigenvalue weighted by atomic mass is 9.84. The Balaban J connectivity index is 1.34. The molecule has 0 bridgehead atoms. The van der Waals surface area contributed by atoms with Gasteiger partial charge in [-0.3, -0.25) is 4.79 Å². The summed E-state index contributed by atoms with van der Waals surface area (Å²) in [5.74, 6) is 1.79. The molecule has 0 aliphatic heterocycles. The summed E-state index contributed by atoms with van der Waals surface area (Å²) in [6, 6.07) is 10.5. The third-order valence-electron chi connectivity index (χ3n) is 6.20. The zero-order valence-corrected chi connectivity index (χ0v) is 17.8. The molecule has 2 aliphatic carbocycles. The number of nitrogens with zero attached hydrogens (tertiary/aromatic N) is 1. The number of nitrogens with one attached hydrogen (secondary N) is 1. The van der Waals surface area contributed by atoms with E-state index in [2.05, 4.69) is 30.4 Å². The predicted molar refractivity (Wildman–Crippen MR) is 117 cm³/mol. The summed E-state index contributed by atoms with van der Waals surface area (Å²) in [4.78, 5) is 13.7. The van der Waals surface area contributed by atoms with E-state index in [1.807, 2.05) is 12.1 Å². The molecule has 0 spiro atoms. The smallest absolute Gasteiger partial charge is 0.262 e. The number of thiophene rings is 1. The molecule has 1 aromatic heterocycles. The molecule has 1 heterocycles. The Bertz CT molecular complexity index is 904. The Hall–Kier alpha value is -2.32. The number of hydrogen-bond acceptors (Lipinski definition) is 4. The summed E-state index contributed by atoms with van der Waals surface area (Å²) >= 11 is 1.55. The summed E-state index contributed by atoms with van der Waals surface area (Å²) in [5, 5.41) is 13.1. The average molecular weight is 409 g/mol. The fourth-order valence-electron chi connectivity index (χ4n) is 4.54. The lowest BCUT2D eigenvalue weighted by molar-refractivity contribution is -0.118. The van der Waals surface area contributed by atoms with Gasteiger partial charge >= 0.3 is 0 Å². The Labute approximate surface area is 176 Å². The van der Waals surface area contributed by atoms with Gasteiger partial charge in [-0.1, -0.05) is 38.3 Å². The first-order chi connectivity index (χ1) is 14.1. The second-order valence-corrected chi connectivity index (χ2v) is 9.51. The van der Waals surface area contributed by atoms with Crippen molar-refractivity contribution in [3.05, 3.63) is 45.8 Å². The van der Waals surface area contributed by atoms with E-state index in [1.165, 1.54) is 42.5 Å². The van der Waals surface area contributed by atoms with Crippen LogP contribution in [0.25, 0.3) is 0 Å². The van der Waals surface area contributed by atoms with Crippen LogP contribution < -0.4 is 10.1 Å². The summed E-state index contributed by atoms with van der Waals surface area (Å²) in [6.45, 7) is 2.19. The van der Waals surface area contributed by atoms with Crippen molar-refractivity contribution in [2.24, 2.45) is 5.92 Å². The van der Waals surface area contributed by atoms with Crippen molar-refractivity contribution in [2.45, 2.75) is 64.2 Å². The Morgan fingerprint density at radius 1 is 1.21 bits per heavy atom. The van der Waals surface area contributed by atoms with Gasteiger partial charge in [0.2, 0.25) is 0 Å². The molecule has 1 atom stereocenters. The Morgan fingerprint density at radius 3 is 2.69 bits per heavy atom. The molecule has 2 aliphatic rings. The molecule has 1 saturated carbocycles. The van der Waals surface area contributed by atoms with Crippen LogP contribution in [0.5, 0.6) is 5.75 Å². The van der Waals surface area contributed by atoms with Gasteiger partial charge in [0.25, 0.3) is 5.91 Å². The zero-order valence-electron chi connectivity index (χ0n) is 17.0. The molecule has 4 rings (SSSR count). The number of amides is 1. The van der Waals surface area contributed by atoms with E-state index in [0.717, 1.165) is 24.8 Å². The van der Waals surface area contributed by atoms with Crippen molar-refractivity contribution in [1.29, 1.82) is 5.26 Å². The van der Waals surface area contributed by atoms with E-state index in [-0.39, 0.29) is 12.5 Å². The first-order valence-electron chi connectivity index (χ1n) is 10.7. The molecule has 1 aromatic carbocycles. The minimum Gasteiger partial charge on any atom is -0.484 e. The van der Waals surface area contributed by atoms with E-state index in [1.54, 1.807) is 11.3 Å². The second-order valence-electron chi connectivity index (χ2n) is 8.41. The van der Waals surface area contributed by atoms with Crippen molar-refractivity contribution < 1.29 is 9.53 Å². The van der Waals surface area contributed by atoms with Crippen LogP contribution in [0.15, 0.2) is 24.3 Å².